The molecule has 1 saturated heterocycles. The lowest BCUT2D eigenvalue weighted by molar-refractivity contribution is -0.131. The molecule has 0 aliphatic carbocycles. The molecule has 0 saturated carbocycles. The summed E-state index contributed by atoms with van der Waals surface area (Å²) in [6.07, 6.45) is 3.16. The van der Waals surface area contributed by atoms with Crippen molar-refractivity contribution in [3.63, 3.8) is 0 Å². The number of carbonyl (C=O) groups excluding carboxylic acids is 1. The summed E-state index contributed by atoms with van der Waals surface area (Å²) in [4.78, 5) is 14.0. The fourth-order valence-corrected chi connectivity index (χ4v) is 2.18. The van der Waals surface area contributed by atoms with Crippen LogP contribution in [0.2, 0.25) is 0 Å². The van der Waals surface area contributed by atoms with E-state index in [1.54, 1.807) is 0 Å². The van der Waals surface area contributed by atoms with E-state index in [2.05, 4.69) is 33.0 Å². The van der Waals surface area contributed by atoms with Gasteiger partial charge in [-0.15, -0.1) is 0 Å². The predicted octanol–water partition coefficient (Wildman–Crippen LogP) is 1.77. The Balaban J connectivity index is 2.49. The van der Waals surface area contributed by atoms with Gasteiger partial charge in [0.1, 0.15) is 0 Å². The second kappa shape index (κ2) is 5.50. The van der Waals surface area contributed by atoms with Crippen molar-refractivity contribution in [1.29, 1.82) is 0 Å². The maximum absolute atomic E-state index is 12.0. The number of hydrogen-bond donors (Lipinski definition) is 1. The van der Waals surface area contributed by atoms with Crippen molar-refractivity contribution in [2.45, 2.75) is 65.1 Å². The highest BCUT2D eigenvalue weighted by atomic mass is 16.2. The van der Waals surface area contributed by atoms with Gasteiger partial charge < -0.3 is 10.2 Å². The number of carbonyl (C=O) groups is 1. The molecule has 3 heteroatoms. The van der Waals surface area contributed by atoms with Gasteiger partial charge in [-0.1, -0.05) is 13.8 Å². The SMILES string of the molecule is CCC(CC)NC1CCN(C(C)C)C1=O. The summed E-state index contributed by atoms with van der Waals surface area (Å²) in [7, 11) is 0. The van der Waals surface area contributed by atoms with Crippen LogP contribution >= 0.6 is 0 Å². The summed E-state index contributed by atoms with van der Waals surface area (Å²) in [6.45, 7) is 9.41. The quantitative estimate of drug-likeness (QED) is 0.753. The van der Waals surface area contributed by atoms with E-state index in [4.69, 9.17) is 0 Å². The number of hydrogen-bond acceptors (Lipinski definition) is 2. The largest absolute Gasteiger partial charge is 0.339 e. The Hall–Kier alpha value is -0.570. The van der Waals surface area contributed by atoms with Crippen LogP contribution in [-0.2, 0) is 4.79 Å². The maximum atomic E-state index is 12.0. The summed E-state index contributed by atoms with van der Waals surface area (Å²) < 4.78 is 0. The molecule has 1 N–H and O–H groups in total. The molecule has 1 fully saturated rings. The molecule has 1 aliphatic heterocycles. The summed E-state index contributed by atoms with van der Waals surface area (Å²) in [5.74, 6) is 0.289. The summed E-state index contributed by atoms with van der Waals surface area (Å²) in [5.41, 5.74) is 0. The molecule has 0 aromatic carbocycles. The first kappa shape index (κ1) is 12.5. The molecule has 15 heavy (non-hydrogen) atoms. The molecule has 0 spiro atoms. The van der Waals surface area contributed by atoms with Gasteiger partial charge in [0.15, 0.2) is 0 Å². The average molecular weight is 212 g/mol. The molecule has 1 unspecified atom stereocenters. The van der Waals surface area contributed by atoms with Crippen molar-refractivity contribution in [1.82, 2.24) is 10.2 Å². The minimum atomic E-state index is 0.0669. The smallest absolute Gasteiger partial charge is 0.240 e. The van der Waals surface area contributed by atoms with Gasteiger partial charge in [-0.25, -0.2) is 0 Å². The van der Waals surface area contributed by atoms with Crippen molar-refractivity contribution < 1.29 is 4.79 Å². The average Bonchev–Trinajstić information content (AvgIpc) is 2.56. The van der Waals surface area contributed by atoms with Crippen LogP contribution in [0.25, 0.3) is 0 Å². The summed E-state index contributed by atoms with van der Waals surface area (Å²) >= 11 is 0. The molecule has 88 valence electrons. The lowest BCUT2D eigenvalue weighted by Gasteiger charge is -2.23. The van der Waals surface area contributed by atoms with E-state index in [1.807, 2.05) is 4.90 Å². The highest BCUT2D eigenvalue weighted by molar-refractivity contribution is 5.84. The fraction of sp³-hybridized carbons (Fsp3) is 0.917. The first-order chi connectivity index (χ1) is 7.10. The maximum Gasteiger partial charge on any atom is 0.240 e. The Morgan fingerprint density at radius 3 is 2.40 bits per heavy atom. The molecule has 0 aromatic heterocycles. The lowest BCUT2D eigenvalue weighted by Crippen LogP contribution is -2.44. The first-order valence-electron chi connectivity index (χ1n) is 6.16. The second-order valence-electron chi connectivity index (χ2n) is 4.65. The van der Waals surface area contributed by atoms with Crippen LogP contribution in [0.5, 0.6) is 0 Å². The van der Waals surface area contributed by atoms with Crippen LogP contribution in [0.15, 0.2) is 0 Å². The molecule has 0 radical (unpaired) electrons. The number of nitrogens with one attached hydrogen (secondary N) is 1. The van der Waals surface area contributed by atoms with Crippen molar-refractivity contribution in [3.8, 4) is 0 Å². The van der Waals surface area contributed by atoms with Gasteiger partial charge in [-0.3, -0.25) is 4.79 Å². The van der Waals surface area contributed by atoms with Crippen molar-refractivity contribution in [3.05, 3.63) is 0 Å². The topological polar surface area (TPSA) is 32.3 Å². The van der Waals surface area contributed by atoms with E-state index in [1.165, 1.54) is 0 Å². The van der Waals surface area contributed by atoms with Crippen LogP contribution in [0.4, 0.5) is 0 Å². The third-order valence-electron chi connectivity index (χ3n) is 3.29. The van der Waals surface area contributed by atoms with E-state index >= 15 is 0 Å². The van der Waals surface area contributed by atoms with Crippen molar-refractivity contribution >= 4 is 5.91 Å². The molecule has 0 aromatic rings. The minimum Gasteiger partial charge on any atom is -0.339 e. The molecule has 0 bridgehead atoms. The van der Waals surface area contributed by atoms with E-state index in [9.17, 15) is 4.79 Å². The van der Waals surface area contributed by atoms with Gasteiger partial charge in [0, 0.05) is 18.6 Å². The Bertz CT molecular complexity index is 212. The second-order valence-corrected chi connectivity index (χ2v) is 4.65. The van der Waals surface area contributed by atoms with Gasteiger partial charge in [0.25, 0.3) is 0 Å². The zero-order chi connectivity index (χ0) is 11.4. The Labute approximate surface area is 93.2 Å². The molecular weight excluding hydrogens is 188 g/mol. The Kier molecular flexibility index (Phi) is 4.58. The van der Waals surface area contributed by atoms with Gasteiger partial charge in [-0.05, 0) is 33.1 Å². The molecular formula is C12H24N2O. The van der Waals surface area contributed by atoms with Crippen LogP contribution in [0.1, 0.15) is 47.0 Å². The third-order valence-corrected chi connectivity index (χ3v) is 3.29. The van der Waals surface area contributed by atoms with Crippen molar-refractivity contribution in [2.24, 2.45) is 0 Å². The highest BCUT2D eigenvalue weighted by Gasteiger charge is 2.33. The fourth-order valence-electron chi connectivity index (χ4n) is 2.18. The number of nitrogens with zero attached hydrogens (tertiary/aromatic N) is 1. The summed E-state index contributed by atoms with van der Waals surface area (Å²) in [6, 6.07) is 0.898. The monoisotopic (exact) mass is 212 g/mol. The summed E-state index contributed by atoms with van der Waals surface area (Å²) in [5, 5.41) is 3.46. The third kappa shape index (κ3) is 2.94. The Morgan fingerprint density at radius 1 is 1.40 bits per heavy atom. The van der Waals surface area contributed by atoms with E-state index in [-0.39, 0.29) is 11.9 Å². The predicted molar refractivity (Wildman–Crippen MR) is 62.8 cm³/mol. The standard InChI is InChI=1S/C12H24N2O/c1-5-10(6-2)13-11-7-8-14(9(3)4)12(11)15/h9-11,13H,5-8H2,1-4H3. The van der Waals surface area contributed by atoms with E-state index in [0.29, 0.717) is 12.1 Å². The van der Waals surface area contributed by atoms with Crippen LogP contribution in [-0.4, -0.2) is 35.5 Å². The molecule has 1 amide bonds. The number of amides is 1. The number of rotatable bonds is 5. The zero-order valence-corrected chi connectivity index (χ0v) is 10.4. The van der Waals surface area contributed by atoms with E-state index in [0.717, 1.165) is 25.8 Å². The van der Waals surface area contributed by atoms with Crippen molar-refractivity contribution in [2.75, 3.05) is 6.54 Å². The van der Waals surface area contributed by atoms with Crippen LogP contribution in [0, 0.1) is 0 Å². The number of likely N-dealkylation sites (tertiary alicyclic amines) is 1. The molecule has 1 aliphatic rings. The van der Waals surface area contributed by atoms with Gasteiger partial charge >= 0.3 is 0 Å². The van der Waals surface area contributed by atoms with E-state index < -0.39 is 0 Å². The zero-order valence-electron chi connectivity index (χ0n) is 10.4. The molecule has 1 rings (SSSR count). The minimum absolute atomic E-state index is 0.0669. The first-order valence-corrected chi connectivity index (χ1v) is 6.16. The van der Waals surface area contributed by atoms with Crippen LogP contribution in [0.3, 0.4) is 0 Å². The molecule has 1 atom stereocenters. The molecule has 1 heterocycles. The van der Waals surface area contributed by atoms with Gasteiger partial charge in [0.05, 0.1) is 6.04 Å². The van der Waals surface area contributed by atoms with Gasteiger partial charge in [0.2, 0.25) is 5.91 Å². The Morgan fingerprint density at radius 2 is 2.00 bits per heavy atom. The lowest BCUT2D eigenvalue weighted by atomic mass is 10.1. The van der Waals surface area contributed by atoms with Gasteiger partial charge in [-0.2, -0.15) is 0 Å². The highest BCUT2D eigenvalue weighted by Crippen LogP contribution is 2.15. The van der Waals surface area contributed by atoms with Crippen LogP contribution < -0.4 is 5.32 Å². The molecule has 3 nitrogen and oxygen atoms in total. The normalized spacial score (nSPS) is 22.1.